The summed E-state index contributed by atoms with van der Waals surface area (Å²) < 4.78 is 0. The van der Waals surface area contributed by atoms with Gasteiger partial charge in [-0.15, -0.1) is 0 Å². The smallest absolute Gasteiger partial charge is 0.159 e. The molecule has 2 aliphatic rings. The maximum atomic E-state index is 11.4. The minimum absolute atomic E-state index is 0.274. The molecule has 11 heavy (non-hydrogen) atoms. The Morgan fingerprint density at radius 3 is 2.55 bits per heavy atom. The van der Waals surface area contributed by atoms with Crippen LogP contribution in [0.2, 0.25) is 0 Å². The van der Waals surface area contributed by atoms with Crippen LogP contribution in [0.1, 0.15) is 27.2 Å². The van der Waals surface area contributed by atoms with Crippen molar-refractivity contribution in [2.75, 3.05) is 0 Å². The highest BCUT2D eigenvalue weighted by molar-refractivity contribution is 5.97. The third kappa shape index (κ3) is 0.741. The van der Waals surface area contributed by atoms with Gasteiger partial charge in [-0.3, -0.25) is 4.79 Å². The monoisotopic (exact) mass is 150 g/mol. The van der Waals surface area contributed by atoms with Crippen LogP contribution in [0.5, 0.6) is 0 Å². The van der Waals surface area contributed by atoms with Crippen LogP contribution in [0, 0.1) is 17.3 Å². The van der Waals surface area contributed by atoms with Crippen LogP contribution >= 0.6 is 0 Å². The van der Waals surface area contributed by atoms with Gasteiger partial charge in [-0.25, -0.2) is 0 Å². The van der Waals surface area contributed by atoms with E-state index in [1.807, 2.05) is 6.08 Å². The summed E-state index contributed by atoms with van der Waals surface area (Å²) in [7, 11) is 0. The fraction of sp³-hybridized carbons (Fsp3) is 0.700. The second kappa shape index (κ2) is 1.77. The Balaban J connectivity index is 2.28. The number of allylic oxidation sites excluding steroid dienone is 2. The standard InChI is InChI=1S/C10H14O/c1-6-4-8(11)9-7(6)5-10(9,2)3/h4,7,9H,5H2,1-3H3. The summed E-state index contributed by atoms with van der Waals surface area (Å²) in [6, 6.07) is 0. The fourth-order valence-corrected chi connectivity index (χ4v) is 2.62. The zero-order valence-electron chi connectivity index (χ0n) is 7.35. The van der Waals surface area contributed by atoms with Gasteiger partial charge in [0.05, 0.1) is 0 Å². The van der Waals surface area contributed by atoms with Crippen molar-refractivity contribution >= 4 is 5.78 Å². The molecule has 0 N–H and O–H groups in total. The van der Waals surface area contributed by atoms with E-state index in [2.05, 4.69) is 20.8 Å². The molecule has 0 aromatic rings. The number of ketones is 1. The molecule has 1 nitrogen and oxygen atoms in total. The largest absolute Gasteiger partial charge is 0.295 e. The number of hydrogen-bond acceptors (Lipinski definition) is 1. The van der Waals surface area contributed by atoms with Gasteiger partial charge in [0, 0.05) is 5.92 Å². The Labute approximate surface area is 67.5 Å². The van der Waals surface area contributed by atoms with Crippen LogP contribution < -0.4 is 0 Å². The third-order valence-corrected chi connectivity index (χ3v) is 3.25. The van der Waals surface area contributed by atoms with Crippen molar-refractivity contribution < 1.29 is 4.79 Å². The molecule has 0 spiro atoms. The zero-order valence-corrected chi connectivity index (χ0v) is 7.35. The van der Waals surface area contributed by atoms with Gasteiger partial charge in [-0.1, -0.05) is 19.4 Å². The highest BCUT2D eigenvalue weighted by Gasteiger charge is 2.53. The molecular formula is C10H14O. The van der Waals surface area contributed by atoms with Gasteiger partial charge < -0.3 is 0 Å². The molecule has 0 saturated heterocycles. The predicted molar refractivity (Wildman–Crippen MR) is 44.1 cm³/mol. The van der Waals surface area contributed by atoms with Gasteiger partial charge in [0.1, 0.15) is 0 Å². The lowest BCUT2D eigenvalue weighted by molar-refractivity contribution is -0.128. The lowest BCUT2D eigenvalue weighted by atomic mass is 9.55. The highest BCUT2D eigenvalue weighted by Crippen LogP contribution is 2.56. The molecule has 2 aliphatic carbocycles. The summed E-state index contributed by atoms with van der Waals surface area (Å²) in [6.07, 6.45) is 3.04. The van der Waals surface area contributed by atoms with Crippen LogP contribution in [-0.4, -0.2) is 5.78 Å². The number of carbonyl (C=O) groups is 1. The summed E-state index contributed by atoms with van der Waals surface area (Å²) in [4.78, 5) is 11.4. The summed E-state index contributed by atoms with van der Waals surface area (Å²) in [5, 5.41) is 0. The van der Waals surface area contributed by atoms with E-state index in [0.717, 1.165) is 0 Å². The number of hydrogen-bond donors (Lipinski definition) is 0. The quantitative estimate of drug-likeness (QED) is 0.517. The van der Waals surface area contributed by atoms with Crippen LogP contribution in [0.3, 0.4) is 0 Å². The normalized spacial score (nSPS) is 39.5. The van der Waals surface area contributed by atoms with E-state index in [1.54, 1.807) is 0 Å². The van der Waals surface area contributed by atoms with Crippen molar-refractivity contribution in [3.8, 4) is 0 Å². The van der Waals surface area contributed by atoms with E-state index in [9.17, 15) is 4.79 Å². The molecule has 0 bridgehead atoms. The topological polar surface area (TPSA) is 17.1 Å². The molecule has 0 aromatic heterocycles. The second-order valence-corrected chi connectivity index (χ2v) is 4.57. The molecular weight excluding hydrogens is 136 g/mol. The fourth-order valence-electron chi connectivity index (χ4n) is 2.62. The highest BCUT2D eigenvalue weighted by atomic mass is 16.1. The van der Waals surface area contributed by atoms with Crippen molar-refractivity contribution in [1.82, 2.24) is 0 Å². The van der Waals surface area contributed by atoms with Crippen molar-refractivity contribution in [3.63, 3.8) is 0 Å². The lowest BCUT2D eigenvalue weighted by Crippen LogP contribution is -2.45. The van der Waals surface area contributed by atoms with E-state index < -0.39 is 0 Å². The molecule has 2 rings (SSSR count). The number of rotatable bonds is 0. The molecule has 0 amide bonds. The Kier molecular flexibility index (Phi) is 1.14. The minimum atomic E-state index is 0.274. The average molecular weight is 150 g/mol. The molecule has 0 radical (unpaired) electrons. The van der Waals surface area contributed by atoms with Gasteiger partial charge in [-0.05, 0) is 30.8 Å². The molecule has 1 fully saturated rings. The number of fused-ring (bicyclic) bond motifs is 1. The number of carbonyl (C=O) groups excluding carboxylic acids is 1. The van der Waals surface area contributed by atoms with Gasteiger partial charge >= 0.3 is 0 Å². The molecule has 1 heteroatoms. The molecule has 2 unspecified atom stereocenters. The summed E-state index contributed by atoms with van der Waals surface area (Å²) in [5.74, 6) is 1.28. The van der Waals surface area contributed by atoms with Crippen molar-refractivity contribution in [2.45, 2.75) is 27.2 Å². The van der Waals surface area contributed by atoms with Crippen molar-refractivity contribution in [2.24, 2.45) is 17.3 Å². The van der Waals surface area contributed by atoms with Crippen LogP contribution in [0.4, 0.5) is 0 Å². The zero-order chi connectivity index (χ0) is 8.22. The predicted octanol–water partition coefficient (Wildman–Crippen LogP) is 2.18. The van der Waals surface area contributed by atoms with E-state index in [1.165, 1.54) is 12.0 Å². The van der Waals surface area contributed by atoms with Gasteiger partial charge in [-0.2, -0.15) is 0 Å². The summed E-state index contributed by atoms with van der Waals surface area (Å²) in [6.45, 7) is 6.47. The first-order valence-corrected chi connectivity index (χ1v) is 4.24. The first-order chi connectivity index (χ1) is 5.02. The Hall–Kier alpha value is -0.590. The molecule has 1 saturated carbocycles. The van der Waals surface area contributed by atoms with Gasteiger partial charge in [0.2, 0.25) is 0 Å². The van der Waals surface area contributed by atoms with E-state index in [0.29, 0.717) is 17.6 Å². The van der Waals surface area contributed by atoms with Gasteiger partial charge in [0.25, 0.3) is 0 Å². The molecule has 0 aliphatic heterocycles. The Morgan fingerprint density at radius 1 is 1.55 bits per heavy atom. The maximum Gasteiger partial charge on any atom is 0.159 e. The van der Waals surface area contributed by atoms with Crippen LogP contribution in [0.15, 0.2) is 11.6 Å². The Morgan fingerprint density at radius 2 is 2.18 bits per heavy atom. The van der Waals surface area contributed by atoms with Crippen LogP contribution in [0.25, 0.3) is 0 Å². The summed E-state index contributed by atoms with van der Waals surface area (Å²) >= 11 is 0. The van der Waals surface area contributed by atoms with Crippen molar-refractivity contribution in [3.05, 3.63) is 11.6 Å². The second-order valence-electron chi connectivity index (χ2n) is 4.57. The molecule has 2 atom stereocenters. The minimum Gasteiger partial charge on any atom is -0.295 e. The van der Waals surface area contributed by atoms with E-state index >= 15 is 0 Å². The first-order valence-electron chi connectivity index (χ1n) is 4.24. The van der Waals surface area contributed by atoms with E-state index in [-0.39, 0.29) is 5.41 Å². The van der Waals surface area contributed by atoms with Crippen LogP contribution in [-0.2, 0) is 4.79 Å². The van der Waals surface area contributed by atoms with Crippen molar-refractivity contribution in [1.29, 1.82) is 0 Å². The molecule has 0 heterocycles. The first kappa shape index (κ1) is 7.08. The van der Waals surface area contributed by atoms with Gasteiger partial charge in [0.15, 0.2) is 5.78 Å². The molecule has 0 aromatic carbocycles. The maximum absolute atomic E-state index is 11.4. The SMILES string of the molecule is CC1=CC(=O)C2C1CC2(C)C. The summed E-state index contributed by atoms with van der Waals surface area (Å²) in [5.41, 5.74) is 1.58. The third-order valence-electron chi connectivity index (χ3n) is 3.25. The average Bonchev–Trinajstić information content (AvgIpc) is 2.03. The van der Waals surface area contributed by atoms with E-state index in [4.69, 9.17) is 0 Å². The molecule has 60 valence electrons. The lowest BCUT2D eigenvalue weighted by Gasteiger charge is -2.47. The Bertz CT molecular complexity index is 248.